The van der Waals surface area contributed by atoms with Crippen LogP contribution in [-0.4, -0.2) is 43.9 Å². The van der Waals surface area contributed by atoms with E-state index in [1.165, 1.54) is 0 Å². The zero-order chi connectivity index (χ0) is 19.3. The third kappa shape index (κ3) is 4.26. The van der Waals surface area contributed by atoms with Crippen LogP contribution in [0.3, 0.4) is 0 Å². The summed E-state index contributed by atoms with van der Waals surface area (Å²) in [5, 5.41) is 8.44. The van der Waals surface area contributed by atoms with Crippen molar-refractivity contribution >= 4 is 5.91 Å². The molecule has 1 amide bonds. The maximum Gasteiger partial charge on any atom is 0.255 e. The molecule has 7 nitrogen and oxygen atoms in total. The molecule has 3 heterocycles. The van der Waals surface area contributed by atoms with Crippen LogP contribution in [0.25, 0.3) is 0 Å². The van der Waals surface area contributed by atoms with Crippen molar-refractivity contribution in [3.63, 3.8) is 0 Å². The van der Waals surface area contributed by atoms with Crippen LogP contribution in [0.15, 0.2) is 54.9 Å². The van der Waals surface area contributed by atoms with Crippen molar-refractivity contribution < 1.29 is 9.53 Å². The molecule has 28 heavy (non-hydrogen) atoms. The van der Waals surface area contributed by atoms with Gasteiger partial charge in [-0.3, -0.25) is 9.78 Å². The van der Waals surface area contributed by atoms with E-state index in [0.717, 1.165) is 23.4 Å². The SMILES string of the molecule is Cc1ccc(C(=O)N2CCC(n3cc(COCc4ccccc4)nn3)C2)cn1. The fourth-order valence-corrected chi connectivity index (χ4v) is 3.32. The lowest BCUT2D eigenvalue weighted by molar-refractivity contribution is 0.0786. The van der Waals surface area contributed by atoms with Crippen LogP contribution in [0.2, 0.25) is 0 Å². The second-order valence-corrected chi connectivity index (χ2v) is 7.05. The van der Waals surface area contributed by atoms with Gasteiger partial charge in [-0.25, -0.2) is 4.68 Å². The van der Waals surface area contributed by atoms with Gasteiger partial charge in [-0.15, -0.1) is 5.10 Å². The Kier molecular flexibility index (Phi) is 5.43. The molecule has 1 fully saturated rings. The van der Waals surface area contributed by atoms with Crippen LogP contribution in [0.1, 0.15) is 39.8 Å². The molecule has 1 atom stereocenters. The molecule has 1 aliphatic rings. The predicted octanol–water partition coefficient (Wildman–Crippen LogP) is 2.79. The second kappa shape index (κ2) is 8.31. The average molecular weight is 377 g/mol. The zero-order valence-corrected chi connectivity index (χ0v) is 15.9. The molecule has 0 bridgehead atoms. The molecule has 144 valence electrons. The topological polar surface area (TPSA) is 73.1 Å². The van der Waals surface area contributed by atoms with Crippen molar-refractivity contribution in [2.45, 2.75) is 32.6 Å². The summed E-state index contributed by atoms with van der Waals surface area (Å²) in [6.45, 7) is 4.20. The lowest BCUT2D eigenvalue weighted by Crippen LogP contribution is -2.29. The number of hydrogen-bond acceptors (Lipinski definition) is 5. The van der Waals surface area contributed by atoms with Crippen molar-refractivity contribution in [1.82, 2.24) is 24.9 Å². The van der Waals surface area contributed by atoms with E-state index in [4.69, 9.17) is 4.74 Å². The van der Waals surface area contributed by atoms with E-state index in [0.29, 0.717) is 31.9 Å². The minimum absolute atomic E-state index is 0.0153. The number of rotatable bonds is 6. The Balaban J connectivity index is 1.31. The summed E-state index contributed by atoms with van der Waals surface area (Å²) in [5.74, 6) is 0.0153. The van der Waals surface area contributed by atoms with Gasteiger partial charge < -0.3 is 9.64 Å². The average Bonchev–Trinajstić information content (AvgIpc) is 3.38. The van der Waals surface area contributed by atoms with Crippen LogP contribution in [0.4, 0.5) is 0 Å². The molecular formula is C21H23N5O2. The highest BCUT2D eigenvalue weighted by Crippen LogP contribution is 2.22. The Morgan fingerprint density at radius 3 is 2.82 bits per heavy atom. The van der Waals surface area contributed by atoms with Crippen LogP contribution < -0.4 is 0 Å². The molecule has 1 unspecified atom stereocenters. The van der Waals surface area contributed by atoms with Gasteiger partial charge in [0, 0.05) is 25.0 Å². The fourth-order valence-electron chi connectivity index (χ4n) is 3.32. The highest BCUT2D eigenvalue weighted by molar-refractivity contribution is 5.94. The Morgan fingerprint density at radius 2 is 2.04 bits per heavy atom. The zero-order valence-electron chi connectivity index (χ0n) is 15.9. The molecule has 0 N–H and O–H groups in total. The van der Waals surface area contributed by atoms with Gasteiger partial charge in [0.05, 0.1) is 31.0 Å². The van der Waals surface area contributed by atoms with Crippen molar-refractivity contribution in [3.8, 4) is 0 Å². The molecule has 0 saturated carbocycles. The van der Waals surface area contributed by atoms with Gasteiger partial charge in [0.2, 0.25) is 0 Å². The Hall–Kier alpha value is -3.06. The number of likely N-dealkylation sites (tertiary alicyclic amines) is 1. The van der Waals surface area contributed by atoms with Gasteiger partial charge in [-0.2, -0.15) is 0 Å². The number of aryl methyl sites for hydroxylation is 1. The minimum atomic E-state index is 0.0153. The van der Waals surface area contributed by atoms with E-state index in [1.807, 2.05) is 65.2 Å². The van der Waals surface area contributed by atoms with Crippen LogP contribution in [0.5, 0.6) is 0 Å². The number of nitrogens with zero attached hydrogens (tertiary/aromatic N) is 5. The van der Waals surface area contributed by atoms with Crippen molar-refractivity contribution in [2.24, 2.45) is 0 Å². The van der Waals surface area contributed by atoms with Gasteiger partial charge in [-0.05, 0) is 31.0 Å². The summed E-state index contributed by atoms with van der Waals surface area (Å²) in [4.78, 5) is 18.7. The summed E-state index contributed by atoms with van der Waals surface area (Å²) in [7, 11) is 0. The molecule has 7 heteroatoms. The number of benzene rings is 1. The number of pyridine rings is 1. The molecule has 0 radical (unpaired) electrons. The second-order valence-electron chi connectivity index (χ2n) is 7.05. The highest BCUT2D eigenvalue weighted by Gasteiger charge is 2.29. The number of aromatic nitrogens is 4. The first-order valence-corrected chi connectivity index (χ1v) is 9.43. The van der Waals surface area contributed by atoms with Gasteiger partial charge in [0.1, 0.15) is 5.69 Å². The van der Waals surface area contributed by atoms with Crippen LogP contribution >= 0.6 is 0 Å². The quantitative estimate of drug-likeness (QED) is 0.660. The largest absolute Gasteiger partial charge is 0.370 e. The Labute approximate surface area is 164 Å². The number of carbonyl (C=O) groups is 1. The van der Waals surface area contributed by atoms with Gasteiger partial charge >= 0.3 is 0 Å². The summed E-state index contributed by atoms with van der Waals surface area (Å²) in [6, 6.07) is 13.9. The molecule has 0 aliphatic carbocycles. The molecule has 0 spiro atoms. The Morgan fingerprint density at radius 1 is 1.18 bits per heavy atom. The third-order valence-electron chi connectivity index (χ3n) is 4.90. The minimum Gasteiger partial charge on any atom is -0.370 e. The summed E-state index contributed by atoms with van der Waals surface area (Å²) in [5.41, 5.74) is 3.45. The molecule has 2 aromatic heterocycles. The van der Waals surface area contributed by atoms with E-state index in [2.05, 4.69) is 15.3 Å². The van der Waals surface area contributed by atoms with E-state index in [1.54, 1.807) is 6.20 Å². The summed E-state index contributed by atoms with van der Waals surface area (Å²) in [6.07, 6.45) is 4.42. The maximum absolute atomic E-state index is 12.6. The first kappa shape index (κ1) is 18.3. The third-order valence-corrected chi connectivity index (χ3v) is 4.90. The predicted molar refractivity (Wildman–Crippen MR) is 103 cm³/mol. The summed E-state index contributed by atoms with van der Waals surface area (Å²) >= 11 is 0. The highest BCUT2D eigenvalue weighted by atomic mass is 16.5. The lowest BCUT2D eigenvalue weighted by atomic mass is 10.2. The normalized spacial score (nSPS) is 16.5. The van der Waals surface area contributed by atoms with E-state index >= 15 is 0 Å². The van der Waals surface area contributed by atoms with E-state index in [-0.39, 0.29) is 11.9 Å². The molecule has 1 aliphatic heterocycles. The number of carbonyl (C=O) groups excluding carboxylic acids is 1. The van der Waals surface area contributed by atoms with Crippen LogP contribution in [-0.2, 0) is 18.0 Å². The van der Waals surface area contributed by atoms with Crippen molar-refractivity contribution in [2.75, 3.05) is 13.1 Å². The lowest BCUT2D eigenvalue weighted by Gasteiger charge is -2.16. The first-order chi connectivity index (χ1) is 13.7. The molecule has 1 saturated heterocycles. The monoisotopic (exact) mass is 377 g/mol. The van der Waals surface area contributed by atoms with Gasteiger partial charge in [0.25, 0.3) is 5.91 Å². The molecule has 1 aromatic carbocycles. The maximum atomic E-state index is 12.6. The fraction of sp³-hybridized carbons (Fsp3) is 0.333. The van der Waals surface area contributed by atoms with E-state index < -0.39 is 0 Å². The standard InChI is InChI=1S/C21H23N5O2/c1-16-7-8-18(11-22-16)21(27)25-10-9-20(13-25)26-12-19(23-24-26)15-28-14-17-5-3-2-4-6-17/h2-8,11-12,20H,9-10,13-15H2,1H3. The van der Waals surface area contributed by atoms with Crippen molar-refractivity contribution in [3.05, 3.63) is 77.4 Å². The summed E-state index contributed by atoms with van der Waals surface area (Å²) < 4.78 is 7.57. The van der Waals surface area contributed by atoms with E-state index in [9.17, 15) is 4.79 Å². The Bertz CT molecular complexity index is 923. The number of hydrogen-bond donors (Lipinski definition) is 0. The van der Waals surface area contributed by atoms with Crippen molar-refractivity contribution in [1.29, 1.82) is 0 Å². The number of ether oxygens (including phenoxy) is 1. The van der Waals surface area contributed by atoms with Gasteiger partial charge in [-0.1, -0.05) is 35.5 Å². The van der Waals surface area contributed by atoms with Crippen LogP contribution in [0, 0.1) is 6.92 Å². The van der Waals surface area contributed by atoms with Gasteiger partial charge in [0.15, 0.2) is 0 Å². The first-order valence-electron chi connectivity index (χ1n) is 9.43. The molecule has 3 aromatic rings. The molecular weight excluding hydrogens is 354 g/mol. The number of amides is 1. The molecule has 4 rings (SSSR count). The smallest absolute Gasteiger partial charge is 0.255 e.